The van der Waals surface area contributed by atoms with Crippen LogP contribution in [0.1, 0.15) is 40.6 Å². The van der Waals surface area contributed by atoms with E-state index in [1.54, 1.807) is 54.3 Å². The Bertz CT molecular complexity index is 1110. The smallest absolute Gasteiger partial charge is 0.221 e. The lowest BCUT2D eigenvalue weighted by Crippen LogP contribution is -2.31. The zero-order chi connectivity index (χ0) is 21.8. The van der Waals surface area contributed by atoms with Crippen LogP contribution in [0, 0.1) is 5.82 Å². The molecule has 1 atom stereocenters. The molecule has 2 aromatic carbocycles. The summed E-state index contributed by atoms with van der Waals surface area (Å²) in [7, 11) is 1.80. The van der Waals surface area contributed by atoms with Crippen molar-refractivity contribution in [3.8, 4) is 11.5 Å². The van der Waals surface area contributed by atoms with E-state index in [-0.39, 0.29) is 24.5 Å². The molecule has 0 fully saturated rings. The topological polar surface area (TPSA) is 82.5 Å². The first kappa shape index (κ1) is 20.6. The highest BCUT2D eigenvalue weighted by Crippen LogP contribution is 2.31. The molecule has 31 heavy (non-hydrogen) atoms. The van der Waals surface area contributed by atoms with Crippen LogP contribution in [0.3, 0.4) is 0 Å². The summed E-state index contributed by atoms with van der Waals surface area (Å²) < 4.78 is 26.5. The first-order valence-corrected chi connectivity index (χ1v) is 9.96. The summed E-state index contributed by atoms with van der Waals surface area (Å²) in [6.07, 6.45) is 3.38. The third kappa shape index (κ3) is 4.74. The molecule has 0 aliphatic carbocycles. The number of hydrogen-bond acceptors (Lipinski definition) is 5. The minimum Gasteiger partial charge on any atom is -0.486 e. The number of aromatic nitrogens is 2. The maximum atomic E-state index is 13.8. The maximum Gasteiger partial charge on any atom is 0.221 e. The molecule has 0 radical (unpaired) electrons. The molecular weight excluding hydrogens is 401 g/mol. The van der Waals surface area contributed by atoms with E-state index < -0.39 is 11.9 Å². The number of rotatable bonds is 7. The van der Waals surface area contributed by atoms with E-state index in [9.17, 15) is 14.0 Å². The summed E-state index contributed by atoms with van der Waals surface area (Å²) in [4.78, 5) is 29.5. The summed E-state index contributed by atoms with van der Waals surface area (Å²) in [5.41, 5.74) is 1.03. The largest absolute Gasteiger partial charge is 0.486 e. The Kier molecular flexibility index (Phi) is 5.97. The zero-order valence-electron chi connectivity index (χ0n) is 17.0. The number of ketones is 1. The van der Waals surface area contributed by atoms with Crippen molar-refractivity contribution < 1.29 is 23.5 Å². The monoisotopic (exact) mass is 423 g/mol. The predicted molar refractivity (Wildman–Crippen MR) is 111 cm³/mol. The standard InChI is InChI=1S/C23H22FN3O4/c1-27-10-9-25-23(27)22(16-3-2-4-17(24)13-16)26-21(29)8-6-18(28)15-5-7-19-20(14-15)31-12-11-30-19/h2-5,7,9-10,13-14,22H,6,8,11-12H2,1H3,(H,26,29)/t22-/m1/s1. The maximum absolute atomic E-state index is 13.8. The van der Waals surface area contributed by atoms with E-state index in [4.69, 9.17) is 9.47 Å². The van der Waals surface area contributed by atoms with Gasteiger partial charge in [-0.3, -0.25) is 9.59 Å². The Labute approximate surface area is 178 Å². The van der Waals surface area contributed by atoms with Crippen LogP contribution in [0.4, 0.5) is 4.39 Å². The van der Waals surface area contributed by atoms with Gasteiger partial charge in [0.15, 0.2) is 17.3 Å². The Hall–Kier alpha value is -3.68. The molecule has 4 rings (SSSR count). The fourth-order valence-corrected chi connectivity index (χ4v) is 3.46. The van der Waals surface area contributed by atoms with Gasteiger partial charge in [-0.05, 0) is 35.9 Å². The Balaban J connectivity index is 1.43. The summed E-state index contributed by atoms with van der Waals surface area (Å²) in [5.74, 6) is 0.794. The van der Waals surface area contributed by atoms with Crippen LogP contribution in [-0.4, -0.2) is 34.5 Å². The van der Waals surface area contributed by atoms with Gasteiger partial charge in [-0.25, -0.2) is 9.37 Å². The van der Waals surface area contributed by atoms with Gasteiger partial charge in [0.2, 0.25) is 5.91 Å². The third-order valence-electron chi connectivity index (χ3n) is 5.05. The second-order valence-electron chi connectivity index (χ2n) is 7.23. The number of hydrogen-bond donors (Lipinski definition) is 1. The highest BCUT2D eigenvalue weighted by atomic mass is 19.1. The fraction of sp³-hybridized carbons (Fsp3) is 0.261. The van der Waals surface area contributed by atoms with Gasteiger partial charge in [0.05, 0.1) is 0 Å². The lowest BCUT2D eigenvalue weighted by molar-refractivity contribution is -0.121. The SMILES string of the molecule is Cn1ccnc1[C@H](NC(=O)CCC(=O)c1ccc2c(c1)OCCO2)c1cccc(F)c1. The van der Waals surface area contributed by atoms with E-state index in [1.165, 1.54) is 12.1 Å². The summed E-state index contributed by atoms with van der Waals surface area (Å²) in [6, 6.07) is 10.4. The minimum atomic E-state index is -0.632. The molecule has 0 saturated carbocycles. The highest BCUT2D eigenvalue weighted by molar-refractivity contribution is 5.98. The number of fused-ring (bicyclic) bond motifs is 1. The normalized spacial score (nSPS) is 13.5. The number of halogens is 1. The number of aryl methyl sites for hydroxylation is 1. The molecule has 3 aromatic rings. The van der Waals surface area contributed by atoms with Crippen LogP contribution in [0.25, 0.3) is 0 Å². The number of ether oxygens (including phenoxy) is 2. The lowest BCUT2D eigenvalue weighted by atomic mass is 10.0. The highest BCUT2D eigenvalue weighted by Gasteiger charge is 2.22. The molecule has 1 N–H and O–H groups in total. The van der Waals surface area contributed by atoms with Crippen molar-refractivity contribution in [2.24, 2.45) is 7.05 Å². The van der Waals surface area contributed by atoms with Crippen LogP contribution in [0.2, 0.25) is 0 Å². The first-order chi connectivity index (χ1) is 15.0. The second-order valence-corrected chi connectivity index (χ2v) is 7.23. The van der Waals surface area contributed by atoms with E-state index in [0.29, 0.717) is 41.7 Å². The van der Waals surface area contributed by atoms with Crippen LogP contribution in [0.5, 0.6) is 11.5 Å². The molecule has 2 heterocycles. The average Bonchev–Trinajstić information content (AvgIpc) is 3.21. The van der Waals surface area contributed by atoms with Crippen molar-refractivity contribution in [1.29, 1.82) is 0 Å². The number of nitrogens with zero attached hydrogens (tertiary/aromatic N) is 2. The molecule has 1 aromatic heterocycles. The zero-order valence-corrected chi connectivity index (χ0v) is 17.0. The summed E-state index contributed by atoms with van der Waals surface area (Å²) >= 11 is 0. The van der Waals surface area contributed by atoms with Gasteiger partial charge >= 0.3 is 0 Å². The van der Waals surface area contributed by atoms with Crippen LogP contribution < -0.4 is 14.8 Å². The first-order valence-electron chi connectivity index (χ1n) is 9.96. The molecule has 0 unspecified atom stereocenters. The van der Waals surface area contributed by atoms with Crippen molar-refractivity contribution in [2.75, 3.05) is 13.2 Å². The van der Waals surface area contributed by atoms with Crippen molar-refractivity contribution in [1.82, 2.24) is 14.9 Å². The Morgan fingerprint density at radius 1 is 1.13 bits per heavy atom. The Morgan fingerprint density at radius 2 is 1.94 bits per heavy atom. The number of carbonyl (C=O) groups is 2. The second kappa shape index (κ2) is 8.99. The molecule has 1 aliphatic rings. The van der Waals surface area contributed by atoms with Gasteiger partial charge in [0.25, 0.3) is 0 Å². The van der Waals surface area contributed by atoms with Gasteiger partial charge in [-0.1, -0.05) is 12.1 Å². The van der Waals surface area contributed by atoms with Crippen LogP contribution >= 0.6 is 0 Å². The van der Waals surface area contributed by atoms with Gasteiger partial charge in [-0.15, -0.1) is 0 Å². The average molecular weight is 423 g/mol. The number of nitrogens with one attached hydrogen (secondary N) is 1. The number of Topliss-reactive ketones (excluding diaryl/α,β-unsaturated/α-hetero) is 1. The molecule has 1 amide bonds. The summed E-state index contributed by atoms with van der Waals surface area (Å²) in [6.45, 7) is 0.907. The molecule has 7 nitrogen and oxygen atoms in total. The van der Waals surface area contributed by atoms with Crippen molar-refractivity contribution in [3.63, 3.8) is 0 Å². The molecule has 0 bridgehead atoms. The van der Waals surface area contributed by atoms with Gasteiger partial charge < -0.3 is 19.4 Å². The predicted octanol–water partition coefficient (Wildman–Crippen LogP) is 3.20. The number of benzene rings is 2. The summed E-state index contributed by atoms with van der Waals surface area (Å²) in [5, 5.41) is 2.87. The van der Waals surface area contributed by atoms with Crippen molar-refractivity contribution in [3.05, 3.63) is 77.6 Å². The lowest BCUT2D eigenvalue weighted by Gasteiger charge is -2.19. The van der Waals surface area contributed by atoms with Crippen LogP contribution in [0.15, 0.2) is 54.9 Å². The van der Waals surface area contributed by atoms with Crippen LogP contribution in [-0.2, 0) is 11.8 Å². The van der Waals surface area contributed by atoms with E-state index in [1.807, 2.05) is 0 Å². The quantitative estimate of drug-likeness (QED) is 0.590. The van der Waals surface area contributed by atoms with Crippen molar-refractivity contribution >= 4 is 11.7 Å². The molecular formula is C23H22FN3O4. The third-order valence-corrected chi connectivity index (χ3v) is 5.05. The molecule has 1 aliphatic heterocycles. The van der Waals surface area contributed by atoms with Gasteiger partial charge in [-0.2, -0.15) is 0 Å². The number of carbonyl (C=O) groups excluding carboxylic acids is 2. The van der Waals surface area contributed by atoms with E-state index in [0.717, 1.165) is 0 Å². The minimum absolute atomic E-state index is 0.0104. The molecule has 0 spiro atoms. The van der Waals surface area contributed by atoms with E-state index >= 15 is 0 Å². The number of imidazole rings is 1. The Morgan fingerprint density at radius 3 is 2.68 bits per heavy atom. The fourth-order valence-electron chi connectivity index (χ4n) is 3.46. The van der Waals surface area contributed by atoms with E-state index in [2.05, 4.69) is 10.3 Å². The molecule has 8 heteroatoms. The number of amides is 1. The van der Waals surface area contributed by atoms with Gasteiger partial charge in [0.1, 0.15) is 30.9 Å². The molecule has 160 valence electrons. The molecule has 0 saturated heterocycles. The van der Waals surface area contributed by atoms with Gasteiger partial charge in [0, 0.05) is 37.8 Å². The van der Waals surface area contributed by atoms with Crippen molar-refractivity contribution in [2.45, 2.75) is 18.9 Å².